The van der Waals surface area contributed by atoms with Crippen LogP contribution in [0.1, 0.15) is 20.8 Å². The van der Waals surface area contributed by atoms with E-state index in [2.05, 4.69) is 24.8 Å². The van der Waals surface area contributed by atoms with Crippen LogP contribution in [0.15, 0.2) is 11.6 Å². The van der Waals surface area contributed by atoms with Crippen LogP contribution in [-0.4, -0.2) is 45.0 Å². The molecule has 0 aliphatic carbocycles. The minimum Gasteiger partial charge on any atom is -0.352 e. The van der Waals surface area contributed by atoms with Crippen LogP contribution in [0.5, 0.6) is 0 Å². The van der Waals surface area contributed by atoms with Crippen molar-refractivity contribution in [3.63, 3.8) is 0 Å². The van der Waals surface area contributed by atoms with Gasteiger partial charge in [0.05, 0.1) is 0 Å². The average Bonchev–Trinajstić information content (AvgIpc) is 2.21. The number of rotatable bonds is 7. The zero-order valence-corrected chi connectivity index (χ0v) is 10.0. The zero-order valence-electron chi connectivity index (χ0n) is 10.0. The lowest BCUT2D eigenvalue weighted by Crippen LogP contribution is -2.24. The second kappa shape index (κ2) is 7.97. The van der Waals surface area contributed by atoms with E-state index in [1.807, 2.05) is 6.92 Å². The van der Waals surface area contributed by atoms with Crippen molar-refractivity contribution in [1.82, 2.24) is 4.90 Å². The summed E-state index contributed by atoms with van der Waals surface area (Å²) in [6, 6.07) is 0. The summed E-state index contributed by atoms with van der Waals surface area (Å²) >= 11 is 0. The van der Waals surface area contributed by atoms with E-state index in [-0.39, 0.29) is 6.29 Å². The fourth-order valence-corrected chi connectivity index (χ4v) is 1.32. The van der Waals surface area contributed by atoms with Crippen molar-refractivity contribution in [3.8, 4) is 0 Å². The molecule has 0 unspecified atom stereocenters. The van der Waals surface area contributed by atoms with Crippen molar-refractivity contribution >= 4 is 0 Å². The molecule has 0 saturated carbocycles. The third-order valence-electron chi connectivity index (χ3n) is 2.37. The minimum absolute atomic E-state index is 0.203. The lowest BCUT2D eigenvalue weighted by atomic mass is 10.2. The van der Waals surface area contributed by atoms with E-state index < -0.39 is 0 Å². The Balaban J connectivity index is 4.08. The minimum atomic E-state index is -0.203. The Kier molecular flexibility index (Phi) is 7.76. The molecule has 0 amide bonds. The number of hydrogen-bond donors (Lipinski definition) is 0. The van der Waals surface area contributed by atoms with Gasteiger partial charge in [-0.25, -0.2) is 0 Å². The van der Waals surface area contributed by atoms with Gasteiger partial charge in [-0.05, 0) is 25.6 Å². The summed E-state index contributed by atoms with van der Waals surface area (Å²) in [5.74, 6) is 0. The van der Waals surface area contributed by atoms with E-state index >= 15 is 0 Å². The molecule has 0 rings (SSSR count). The SMILES string of the molecule is CCN(CC)CC=C(C)C(OC)OC. The fraction of sp³-hybridized carbons (Fsp3) is 0.818. The molecule has 3 heteroatoms. The first-order valence-corrected chi connectivity index (χ1v) is 5.14. The predicted octanol–water partition coefficient (Wildman–Crippen LogP) is 1.89. The van der Waals surface area contributed by atoms with Crippen molar-refractivity contribution in [2.75, 3.05) is 33.9 Å². The van der Waals surface area contributed by atoms with Gasteiger partial charge in [-0.15, -0.1) is 0 Å². The molecular formula is C11H23NO2. The number of likely N-dealkylation sites (N-methyl/N-ethyl adjacent to an activating group) is 1. The number of nitrogens with zero attached hydrogens (tertiary/aromatic N) is 1. The normalized spacial score (nSPS) is 12.9. The molecule has 0 radical (unpaired) electrons. The van der Waals surface area contributed by atoms with Crippen LogP contribution in [0.25, 0.3) is 0 Å². The first kappa shape index (κ1) is 13.6. The van der Waals surface area contributed by atoms with Gasteiger partial charge >= 0.3 is 0 Å². The molecular weight excluding hydrogens is 178 g/mol. The van der Waals surface area contributed by atoms with E-state index in [1.165, 1.54) is 0 Å². The predicted molar refractivity (Wildman–Crippen MR) is 59.4 cm³/mol. The molecule has 0 aromatic carbocycles. The van der Waals surface area contributed by atoms with E-state index in [1.54, 1.807) is 14.2 Å². The number of hydrogen-bond acceptors (Lipinski definition) is 3. The van der Waals surface area contributed by atoms with Crippen LogP contribution in [0.4, 0.5) is 0 Å². The summed E-state index contributed by atoms with van der Waals surface area (Å²) in [6.07, 6.45) is 1.95. The van der Waals surface area contributed by atoms with Gasteiger partial charge in [-0.2, -0.15) is 0 Å². The van der Waals surface area contributed by atoms with E-state index in [0.29, 0.717) is 0 Å². The average molecular weight is 201 g/mol. The summed E-state index contributed by atoms with van der Waals surface area (Å²) < 4.78 is 10.3. The van der Waals surface area contributed by atoms with Crippen molar-refractivity contribution < 1.29 is 9.47 Å². The van der Waals surface area contributed by atoms with Crippen molar-refractivity contribution in [2.24, 2.45) is 0 Å². The Labute approximate surface area is 87.7 Å². The molecule has 0 aliphatic rings. The molecule has 0 aromatic rings. The monoisotopic (exact) mass is 201 g/mol. The lowest BCUT2D eigenvalue weighted by molar-refractivity contribution is -0.0749. The Hall–Kier alpha value is -0.380. The summed E-state index contributed by atoms with van der Waals surface area (Å²) in [5.41, 5.74) is 1.13. The van der Waals surface area contributed by atoms with Crippen LogP contribution in [-0.2, 0) is 9.47 Å². The van der Waals surface area contributed by atoms with Gasteiger partial charge in [0, 0.05) is 20.8 Å². The summed E-state index contributed by atoms with van der Waals surface area (Å²) in [4.78, 5) is 2.34. The first-order chi connectivity index (χ1) is 6.69. The maximum absolute atomic E-state index is 5.15. The molecule has 0 spiro atoms. The molecule has 0 aromatic heterocycles. The molecule has 0 N–H and O–H groups in total. The van der Waals surface area contributed by atoms with E-state index in [9.17, 15) is 0 Å². The largest absolute Gasteiger partial charge is 0.352 e. The van der Waals surface area contributed by atoms with Crippen molar-refractivity contribution in [3.05, 3.63) is 11.6 Å². The van der Waals surface area contributed by atoms with Gasteiger partial charge < -0.3 is 14.4 Å². The first-order valence-electron chi connectivity index (χ1n) is 5.14. The van der Waals surface area contributed by atoms with Crippen LogP contribution in [0, 0.1) is 0 Å². The molecule has 0 atom stereocenters. The standard InChI is InChI=1S/C11H23NO2/c1-6-12(7-2)9-8-10(3)11(13-4)14-5/h8,11H,6-7,9H2,1-5H3. The molecule has 0 bridgehead atoms. The summed E-state index contributed by atoms with van der Waals surface area (Å²) in [5, 5.41) is 0. The Bertz CT molecular complexity index is 161. The van der Waals surface area contributed by atoms with Crippen LogP contribution in [0.3, 0.4) is 0 Å². The highest BCUT2D eigenvalue weighted by atomic mass is 16.7. The van der Waals surface area contributed by atoms with Gasteiger partial charge in [-0.3, -0.25) is 0 Å². The van der Waals surface area contributed by atoms with Crippen LogP contribution in [0.2, 0.25) is 0 Å². The molecule has 84 valence electrons. The second-order valence-electron chi connectivity index (χ2n) is 3.24. The van der Waals surface area contributed by atoms with Crippen molar-refractivity contribution in [1.29, 1.82) is 0 Å². The highest BCUT2D eigenvalue weighted by Crippen LogP contribution is 2.05. The van der Waals surface area contributed by atoms with Gasteiger partial charge in [0.25, 0.3) is 0 Å². The van der Waals surface area contributed by atoms with Gasteiger partial charge in [0.15, 0.2) is 6.29 Å². The zero-order chi connectivity index (χ0) is 11.0. The highest BCUT2D eigenvalue weighted by molar-refractivity contribution is 5.02. The molecule has 0 heterocycles. The van der Waals surface area contributed by atoms with Crippen molar-refractivity contribution in [2.45, 2.75) is 27.1 Å². The summed E-state index contributed by atoms with van der Waals surface area (Å²) in [7, 11) is 3.31. The Morgan fingerprint density at radius 1 is 1.21 bits per heavy atom. The quantitative estimate of drug-likeness (QED) is 0.464. The van der Waals surface area contributed by atoms with Gasteiger partial charge in [-0.1, -0.05) is 19.9 Å². The smallest absolute Gasteiger partial charge is 0.178 e. The van der Waals surface area contributed by atoms with E-state index in [4.69, 9.17) is 9.47 Å². The second-order valence-corrected chi connectivity index (χ2v) is 3.24. The topological polar surface area (TPSA) is 21.7 Å². The maximum Gasteiger partial charge on any atom is 0.178 e. The molecule has 0 saturated heterocycles. The lowest BCUT2D eigenvalue weighted by Gasteiger charge is -2.18. The Morgan fingerprint density at radius 3 is 2.07 bits per heavy atom. The number of methoxy groups -OCH3 is 2. The molecule has 14 heavy (non-hydrogen) atoms. The van der Waals surface area contributed by atoms with Gasteiger partial charge in [0.1, 0.15) is 0 Å². The summed E-state index contributed by atoms with van der Waals surface area (Å²) in [6.45, 7) is 9.46. The third-order valence-corrected chi connectivity index (χ3v) is 2.37. The molecule has 0 fully saturated rings. The molecule has 0 aliphatic heterocycles. The molecule has 3 nitrogen and oxygen atoms in total. The van der Waals surface area contributed by atoms with Crippen LogP contribution < -0.4 is 0 Å². The van der Waals surface area contributed by atoms with Crippen LogP contribution >= 0.6 is 0 Å². The highest BCUT2D eigenvalue weighted by Gasteiger charge is 2.07. The fourth-order valence-electron chi connectivity index (χ4n) is 1.32. The van der Waals surface area contributed by atoms with Gasteiger partial charge in [0.2, 0.25) is 0 Å². The Morgan fingerprint density at radius 2 is 1.71 bits per heavy atom. The third kappa shape index (κ3) is 4.74. The number of ether oxygens (including phenoxy) is 2. The maximum atomic E-state index is 5.15. The van der Waals surface area contributed by atoms with E-state index in [0.717, 1.165) is 25.2 Å².